The van der Waals surface area contributed by atoms with Gasteiger partial charge in [-0.3, -0.25) is 0 Å². The molecule has 0 bridgehead atoms. The van der Waals surface area contributed by atoms with E-state index < -0.39 is 18.0 Å². The molecule has 0 fully saturated rings. The van der Waals surface area contributed by atoms with Crippen molar-refractivity contribution in [2.45, 2.75) is 20.0 Å². The normalized spacial score (nSPS) is 10.1. The fraction of sp³-hybridized carbons (Fsp3) is 0.364. The Morgan fingerprint density at radius 2 is 1.42 bits per heavy atom. The minimum Gasteiger partial charge on any atom is -0.494 e. The number of hydrogen-bond acceptors (Lipinski definition) is 6. The van der Waals surface area contributed by atoms with Crippen molar-refractivity contribution in [3.63, 3.8) is 0 Å². The van der Waals surface area contributed by atoms with Gasteiger partial charge >= 0.3 is 11.9 Å². The van der Waals surface area contributed by atoms with E-state index >= 15 is 0 Å². The molecule has 0 saturated heterocycles. The van der Waals surface area contributed by atoms with Gasteiger partial charge in [-0.2, -0.15) is 0 Å². The minimum absolute atomic E-state index is 0.0849. The Balaban J connectivity index is 0. The maximum Gasteiger partial charge on any atom is 0.344 e. The van der Waals surface area contributed by atoms with Crippen molar-refractivity contribution >= 4 is 46.7 Å². The number of carboxylic acids is 2. The van der Waals surface area contributed by atoms with Crippen molar-refractivity contribution in [2.75, 3.05) is 35.3 Å². The molecule has 1 unspecified atom stereocenters. The van der Waals surface area contributed by atoms with Crippen LogP contribution in [0.25, 0.3) is 0 Å². The number of carboxylic acid groups (broad SMARTS) is 2. The van der Waals surface area contributed by atoms with Gasteiger partial charge in [-0.1, -0.05) is 34.8 Å². The van der Waals surface area contributed by atoms with Crippen LogP contribution >= 0.6 is 34.8 Å². The van der Waals surface area contributed by atoms with E-state index in [1.807, 2.05) is 35.1 Å². The molecule has 2 rings (SSSR count). The van der Waals surface area contributed by atoms with Gasteiger partial charge in [0.2, 0.25) is 0 Å². The van der Waals surface area contributed by atoms with Gasteiger partial charge in [-0.15, -0.1) is 0 Å². The highest BCUT2D eigenvalue weighted by Gasteiger charge is 2.18. The first kappa shape index (κ1) is 32.9. The zero-order chi connectivity index (χ0) is 26.1. The van der Waals surface area contributed by atoms with E-state index in [0.29, 0.717) is 10.8 Å². The fourth-order valence-electron chi connectivity index (χ4n) is 1.92. The molecule has 0 aliphatic heterocycles. The molecule has 4 N–H and O–H groups in total. The molecule has 0 aliphatic carbocycles. The Hall–Kier alpha value is -2.23. The van der Waals surface area contributed by atoms with Gasteiger partial charge in [-0.05, 0) is 77.9 Å². The van der Waals surface area contributed by atoms with Crippen LogP contribution in [0.5, 0.6) is 11.5 Å². The van der Waals surface area contributed by atoms with Crippen LogP contribution in [0.15, 0.2) is 30.3 Å². The van der Waals surface area contributed by atoms with Gasteiger partial charge in [0.05, 0.1) is 17.2 Å². The molecule has 186 valence electrons. The molecule has 2 aromatic rings. The maximum atomic E-state index is 10.7. The van der Waals surface area contributed by atoms with Crippen LogP contribution in [-0.2, 0) is 4.79 Å². The van der Waals surface area contributed by atoms with Gasteiger partial charge < -0.3 is 30.3 Å². The third kappa shape index (κ3) is 13.2. The quantitative estimate of drug-likeness (QED) is 0.437. The number of benzene rings is 2. The molecule has 0 amide bonds. The number of aryl methyl sites for hydroxylation is 1. The zero-order valence-corrected chi connectivity index (χ0v) is 21.9. The number of hydrogen-bond donors (Lipinski definition) is 4. The number of carbonyl (C=O) groups is 2. The van der Waals surface area contributed by atoms with Crippen LogP contribution < -0.4 is 20.1 Å². The summed E-state index contributed by atoms with van der Waals surface area (Å²) in [6.45, 7) is 3.30. The average Bonchev–Trinajstić information content (AvgIpc) is 2.72. The molecule has 0 aromatic heterocycles. The lowest BCUT2D eigenvalue weighted by molar-refractivity contribution is -0.144. The first-order chi connectivity index (χ1) is 15.4. The summed E-state index contributed by atoms with van der Waals surface area (Å²) in [5.41, 5.74) is 0.710. The van der Waals surface area contributed by atoms with Crippen molar-refractivity contribution in [3.05, 3.63) is 56.5 Å². The van der Waals surface area contributed by atoms with Crippen molar-refractivity contribution < 1.29 is 29.3 Å². The number of aromatic carboxylic acids is 1. The number of nitrogens with one attached hydrogen (secondary N) is 2. The molecule has 33 heavy (non-hydrogen) atoms. The summed E-state index contributed by atoms with van der Waals surface area (Å²) in [4.78, 5) is 21.3. The summed E-state index contributed by atoms with van der Waals surface area (Å²) in [5.74, 6) is -1.52. The standard InChI is InChI=1S/C10H11ClO3.C8H6Cl2O3.2C2H7N/c1-6-5-8(11)3-4-9(6)14-7(2)10(12)13;1-13-7-5(10)3-2-4(9)6(7)8(11)12;2*1-3-2/h3-5,7H,1-2H3,(H,12,13);2-3H,1H3,(H,11,12);2*3H,1-2H3. The van der Waals surface area contributed by atoms with Crippen LogP contribution in [0.3, 0.4) is 0 Å². The largest absolute Gasteiger partial charge is 0.494 e. The van der Waals surface area contributed by atoms with Crippen LogP contribution in [0.1, 0.15) is 22.8 Å². The Bertz CT molecular complexity index is 879. The second-order valence-corrected chi connectivity index (χ2v) is 7.50. The fourth-order valence-corrected chi connectivity index (χ4v) is 2.61. The Labute approximate surface area is 209 Å². The smallest absolute Gasteiger partial charge is 0.344 e. The third-order valence-electron chi connectivity index (χ3n) is 3.27. The van der Waals surface area contributed by atoms with Crippen molar-refractivity contribution in [2.24, 2.45) is 0 Å². The molecule has 0 radical (unpaired) electrons. The Morgan fingerprint density at radius 3 is 1.79 bits per heavy atom. The second kappa shape index (κ2) is 18.2. The first-order valence-electron chi connectivity index (χ1n) is 9.49. The summed E-state index contributed by atoms with van der Waals surface area (Å²) in [7, 11) is 8.84. The molecular formula is C22H31Cl3N2O6. The molecular weight excluding hydrogens is 495 g/mol. The highest BCUT2D eigenvalue weighted by molar-refractivity contribution is 6.37. The third-order valence-corrected chi connectivity index (χ3v) is 4.11. The first-order valence-corrected chi connectivity index (χ1v) is 10.6. The van der Waals surface area contributed by atoms with Gasteiger partial charge in [0.15, 0.2) is 11.9 Å². The maximum absolute atomic E-state index is 10.7. The predicted molar refractivity (Wildman–Crippen MR) is 134 cm³/mol. The summed E-state index contributed by atoms with van der Waals surface area (Å²) in [6, 6.07) is 7.95. The second-order valence-electron chi connectivity index (χ2n) is 6.25. The number of methoxy groups -OCH3 is 1. The van der Waals surface area contributed by atoms with E-state index in [-0.39, 0.29) is 21.4 Å². The lowest BCUT2D eigenvalue weighted by Crippen LogP contribution is -2.23. The topological polar surface area (TPSA) is 117 Å². The van der Waals surface area contributed by atoms with Crippen LogP contribution in [0, 0.1) is 6.92 Å². The van der Waals surface area contributed by atoms with E-state index in [4.69, 9.17) is 54.5 Å². The summed E-state index contributed by atoms with van der Waals surface area (Å²) in [6.07, 6.45) is -0.852. The highest BCUT2D eigenvalue weighted by Crippen LogP contribution is 2.33. The van der Waals surface area contributed by atoms with E-state index in [0.717, 1.165) is 5.56 Å². The SMILES string of the molecule is CNC.CNC.COc1c(Cl)ccc(Cl)c1C(=O)O.Cc1cc(Cl)ccc1OC(C)C(=O)O. The molecule has 0 saturated carbocycles. The Kier molecular flexibility index (Phi) is 18.2. The summed E-state index contributed by atoms with van der Waals surface area (Å²) < 4.78 is 10.0. The molecule has 1 atom stereocenters. The molecule has 8 nitrogen and oxygen atoms in total. The van der Waals surface area contributed by atoms with Gasteiger partial charge in [-0.25, -0.2) is 9.59 Å². The number of halogens is 3. The van der Waals surface area contributed by atoms with Crippen LogP contribution in [0.2, 0.25) is 15.1 Å². The van der Waals surface area contributed by atoms with Gasteiger partial charge in [0, 0.05) is 5.02 Å². The zero-order valence-electron chi connectivity index (χ0n) is 19.6. The molecule has 11 heteroatoms. The minimum atomic E-state index is -1.16. The van der Waals surface area contributed by atoms with E-state index in [2.05, 4.69) is 10.6 Å². The molecule has 0 aliphatic rings. The Morgan fingerprint density at radius 1 is 0.939 bits per heavy atom. The van der Waals surface area contributed by atoms with Crippen LogP contribution in [0.4, 0.5) is 0 Å². The predicted octanol–water partition coefficient (Wildman–Crippen LogP) is 4.87. The molecule has 0 heterocycles. The van der Waals surface area contributed by atoms with Gasteiger partial charge in [0.25, 0.3) is 0 Å². The van der Waals surface area contributed by atoms with E-state index in [9.17, 15) is 9.59 Å². The lowest BCUT2D eigenvalue weighted by atomic mass is 10.2. The lowest BCUT2D eigenvalue weighted by Gasteiger charge is -2.12. The monoisotopic (exact) mass is 524 g/mol. The van der Waals surface area contributed by atoms with Crippen molar-refractivity contribution in [1.82, 2.24) is 10.6 Å². The van der Waals surface area contributed by atoms with Crippen LogP contribution in [-0.4, -0.2) is 63.6 Å². The van der Waals surface area contributed by atoms with E-state index in [1.54, 1.807) is 18.2 Å². The number of aliphatic carboxylic acids is 1. The highest BCUT2D eigenvalue weighted by atomic mass is 35.5. The average molecular weight is 526 g/mol. The summed E-state index contributed by atoms with van der Waals surface area (Å²) >= 11 is 17.1. The molecule has 0 spiro atoms. The number of ether oxygens (including phenoxy) is 2. The van der Waals surface area contributed by atoms with Crippen molar-refractivity contribution in [1.29, 1.82) is 0 Å². The number of rotatable bonds is 5. The molecule has 2 aromatic carbocycles. The van der Waals surface area contributed by atoms with Gasteiger partial charge in [0.1, 0.15) is 11.3 Å². The van der Waals surface area contributed by atoms with Crippen molar-refractivity contribution in [3.8, 4) is 11.5 Å². The summed E-state index contributed by atoms with van der Waals surface area (Å²) in [5, 5.41) is 23.9. The van der Waals surface area contributed by atoms with E-state index in [1.165, 1.54) is 26.2 Å².